The van der Waals surface area contributed by atoms with Crippen LogP contribution in [0.1, 0.15) is 58.6 Å². The van der Waals surface area contributed by atoms with E-state index in [9.17, 15) is 4.79 Å². The molecule has 1 aromatic carbocycles. The Bertz CT molecular complexity index is 657. The summed E-state index contributed by atoms with van der Waals surface area (Å²) in [4.78, 5) is 17.0. The summed E-state index contributed by atoms with van der Waals surface area (Å²) in [6, 6.07) is 8.40. The van der Waals surface area contributed by atoms with Crippen LogP contribution in [-0.4, -0.2) is 53.8 Å². The maximum absolute atomic E-state index is 13.2. The van der Waals surface area contributed by atoms with Crippen LogP contribution in [0.4, 0.5) is 4.79 Å². The van der Waals surface area contributed by atoms with Crippen molar-refractivity contribution in [3.05, 3.63) is 35.4 Å². The average molecular weight is 358 g/mol. The third-order valence-electron chi connectivity index (χ3n) is 6.14. The van der Waals surface area contributed by atoms with E-state index in [1.54, 1.807) is 0 Å². The van der Waals surface area contributed by atoms with Gasteiger partial charge < -0.3 is 19.1 Å². The second-order valence-electron chi connectivity index (χ2n) is 8.17. The molecule has 2 amide bonds. The van der Waals surface area contributed by atoms with E-state index in [1.807, 2.05) is 29.7 Å². The van der Waals surface area contributed by atoms with Crippen LogP contribution in [0, 0.1) is 0 Å². The Morgan fingerprint density at radius 2 is 1.73 bits per heavy atom. The highest BCUT2D eigenvalue weighted by molar-refractivity contribution is 6.48. The van der Waals surface area contributed by atoms with Gasteiger partial charge in [0.05, 0.1) is 17.1 Å². The lowest BCUT2D eigenvalue weighted by atomic mass is 9.69. The number of hydrogen-bond acceptors (Lipinski definition) is 3. The van der Waals surface area contributed by atoms with Crippen molar-refractivity contribution < 1.29 is 14.1 Å². The van der Waals surface area contributed by atoms with Gasteiger partial charge in [-0.2, -0.15) is 0 Å². The standard InChI is InChI=1S/C20H31BN2O3/c1-7-22(8-2)18(24)23-14-13-15-11-9-10-12-16(15)17(23)21-25-19(3,4)20(5,6)26-21/h9-12,17H,7-8,13-14H2,1-6H3/t17-/m0/s1. The molecule has 0 radical (unpaired) electrons. The van der Waals surface area contributed by atoms with E-state index in [2.05, 4.69) is 45.9 Å². The minimum atomic E-state index is -0.471. The fourth-order valence-corrected chi connectivity index (χ4v) is 3.80. The van der Waals surface area contributed by atoms with Gasteiger partial charge in [0.15, 0.2) is 0 Å². The zero-order valence-corrected chi connectivity index (χ0v) is 16.9. The molecule has 0 aliphatic carbocycles. The van der Waals surface area contributed by atoms with Crippen molar-refractivity contribution in [3.8, 4) is 0 Å². The summed E-state index contributed by atoms with van der Waals surface area (Å²) in [6.07, 6.45) is 0.860. The smallest absolute Gasteiger partial charge is 0.402 e. The Balaban J connectivity index is 2.00. The maximum atomic E-state index is 13.2. The normalized spacial score (nSPS) is 23.7. The highest BCUT2D eigenvalue weighted by Crippen LogP contribution is 2.43. The number of benzene rings is 1. The monoisotopic (exact) mass is 358 g/mol. The lowest BCUT2D eigenvalue weighted by Gasteiger charge is -2.40. The van der Waals surface area contributed by atoms with Crippen LogP contribution in [-0.2, 0) is 15.7 Å². The highest BCUT2D eigenvalue weighted by Gasteiger charge is 2.56. The van der Waals surface area contributed by atoms with Crippen molar-refractivity contribution in [2.45, 2.75) is 65.1 Å². The molecule has 1 saturated heterocycles. The number of carbonyl (C=O) groups excluding carboxylic acids is 1. The van der Waals surface area contributed by atoms with Gasteiger partial charge in [-0.25, -0.2) is 4.79 Å². The third kappa shape index (κ3) is 3.14. The molecule has 2 heterocycles. The molecule has 0 bridgehead atoms. The number of urea groups is 1. The number of carbonyl (C=O) groups is 1. The van der Waals surface area contributed by atoms with Crippen LogP contribution >= 0.6 is 0 Å². The average Bonchev–Trinajstić information content (AvgIpc) is 2.82. The molecular formula is C20H31BN2O3. The molecule has 0 unspecified atom stereocenters. The minimum absolute atomic E-state index is 0.0595. The van der Waals surface area contributed by atoms with Crippen molar-refractivity contribution in [2.75, 3.05) is 19.6 Å². The van der Waals surface area contributed by atoms with E-state index >= 15 is 0 Å². The van der Waals surface area contributed by atoms with E-state index in [0.717, 1.165) is 12.0 Å². The molecule has 3 rings (SSSR count). The summed E-state index contributed by atoms with van der Waals surface area (Å²) >= 11 is 0. The van der Waals surface area contributed by atoms with Crippen LogP contribution in [0.25, 0.3) is 0 Å². The van der Waals surface area contributed by atoms with Crippen molar-refractivity contribution in [1.29, 1.82) is 0 Å². The second-order valence-corrected chi connectivity index (χ2v) is 8.17. The van der Waals surface area contributed by atoms with Gasteiger partial charge in [-0.1, -0.05) is 24.3 Å². The third-order valence-corrected chi connectivity index (χ3v) is 6.14. The molecule has 5 nitrogen and oxygen atoms in total. The summed E-state index contributed by atoms with van der Waals surface area (Å²) in [5, 5.41) is 0. The Kier molecular flexibility index (Phi) is 5.10. The summed E-state index contributed by atoms with van der Waals surface area (Å²) in [7, 11) is -0.471. The maximum Gasteiger partial charge on any atom is 0.487 e. The first-order valence-corrected chi connectivity index (χ1v) is 9.70. The predicted octanol–water partition coefficient (Wildman–Crippen LogP) is 3.68. The van der Waals surface area contributed by atoms with E-state index in [4.69, 9.17) is 9.31 Å². The molecule has 0 saturated carbocycles. The summed E-state index contributed by atoms with van der Waals surface area (Å²) < 4.78 is 12.7. The molecule has 1 fully saturated rings. The van der Waals surface area contributed by atoms with E-state index < -0.39 is 18.3 Å². The van der Waals surface area contributed by atoms with Gasteiger partial charge in [0.1, 0.15) is 0 Å². The summed E-state index contributed by atoms with van der Waals surface area (Å²) in [5.74, 6) is -0.228. The topological polar surface area (TPSA) is 42.0 Å². The largest absolute Gasteiger partial charge is 0.487 e. The van der Waals surface area contributed by atoms with Gasteiger partial charge in [-0.3, -0.25) is 0 Å². The van der Waals surface area contributed by atoms with Crippen LogP contribution in [0.2, 0.25) is 0 Å². The molecule has 6 heteroatoms. The molecule has 1 atom stereocenters. The fourth-order valence-electron chi connectivity index (χ4n) is 3.80. The van der Waals surface area contributed by atoms with Gasteiger partial charge in [-0.15, -0.1) is 0 Å². The van der Waals surface area contributed by atoms with Gasteiger partial charge >= 0.3 is 13.1 Å². The molecule has 142 valence electrons. The Morgan fingerprint density at radius 3 is 2.31 bits per heavy atom. The lowest BCUT2D eigenvalue weighted by Crippen LogP contribution is -2.52. The van der Waals surface area contributed by atoms with Crippen LogP contribution in [0.3, 0.4) is 0 Å². The Labute approximate surface area is 157 Å². The quantitative estimate of drug-likeness (QED) is 0.774. The predicted molar refractivity (Wildman–Crippen MR) is 104 cm³/mol. The molecular weight excluding hydrogens is 327 g/mol. The molecule has 2 aliphatic rings. The fraction of sp³-hybridized carbons (Fsp3) is 0.650. The first kappa shape index (κ1) is 19.2. The first-order valence-electron chi connectivity index (χ1n) is 9.70. The zero-order valence-electron chi connectivity index (χ0n) is 16.9. The van der Waals surface area contributed by atoms with Crippen molar-refractivity contribution in [3.63, 3.8) is 0 Å². The van der Waals surface area contributed by atoms with Gasteiger partial charge in [0.2, 0.25) is 0 Å². The lowest BCUT2D eigenvalue weighted by molar-refractivity contribution is 0.00578. The van der Waals surface area contributed by atoms with Crippen LogP contribution in [0.15, 0.2) is 24.3 Å². The van der Waals surface area contributed by atoms with Gasteiger partial charge in [0.25, 0.3) is 0 Å². The number of rotatable bonds is 3. The molecule has 2 aliphatic heterocycles. The first-order chi connectivity index (χ1) is 12.2. The summed E-state index contributed by atoms with van der Waals surface area (Å²) in [6.45, 7) is 14.3. The van der Waals surface area contributed by atoms with Gasteiger partial charge in [0, 0.05) is 19.6 Å². The van der Waals surface area contributed by atoms with Crippen molar-refractivity contribution in [2.24, 2.45) is 0 Å². The van der Waals surface area contributed by atoms with Crippen molar-refractivity contribution in [1.82, 2.24) is 9.80 Å². The second kappa shape index (κ2) is 6.89. The van der Waals surface area contributed by atoms with Crippen LogP contribution in [0.5, 0.6) is 0 Å². The van der Waals surface area contributed by atoms with E-state index in [1.165, 1.54) is 5.56 Å². The van der Waals surface area contributed by atoms with Gasteiger partial charge in [-0.05, 0) is 59.1 Å². The van der Waals surface area contributed by atoms with E-state index in [0.29, 0.717) is 19.6 Å². The summed E-state index contributed by atoms with van der Waals surface area (Å²) in [5.41, 5.74) is 1.57. The van der Waals surface area contributed by atoms with Crippen molar-refractivity contribution >= 4 is 13.1 Å². The molecule has 26 heavy (non-hydrogen) atoms. The Morgan fingerprint density at radius 1 is 1.15 bits per heavy atom. The van der Waals surface area contributed by atoms with Crippen LogP contribution < -0.4 is 0 Å². The molecule has 0 aromatic heterocycles. The zero-order chi connectivity index (χ0) is 19.1. The number of hydrogen-bond donors (Lipinski definition) is 0. The highest BCUT2D eigenvalue weighted by atomic mass is 16.7. The number of amides is 2. The molecule has 1 aromatic rings. The van der Waals surface area contributed by atoms with E-state index in [-0.39, 0.29) is 12.0 Å². The number of nitrogens with zero attached hydrogens (tertiary/aromatic N) is 2. The Hall–Kier alpha value is -1.53. The molecule has 0 N–H and O–H groups in total. The SMILES string of the molecule is CCN(CC)C(=O)N1CCc2ccccc2[C@H]1B1OC(C)(C)C(C)(C)O1. The molecule has 0 spiro atoms. The minimum Gasteiger partial charge on any atom is -0.402 e. The number of fused-ring (bicyclic) bond motifs is 1.